The Bertz CT molecular complexity index is 442. The van der Waals surface area contributed by atoms with Crippen LogP contribution in [0.1, 0.15) is 43.5 Å². The summed E-state index contributed by atoms with van der Waals surface area (Å²) in [4.78, 5) is 14.4. The molecule has 0 atom stereocenters. The Hall–Kier alpha value is -0.830. The van der Waals surface area contributed by atoms with E-state index in [4.69, 9.17) is 0 Å². The number of rotatable bonds is 1. The van der Waals surface area contributed by atoms with E-state index in [1.54, 1.807) is 0 Å². The van der Waals surface area contributed by atoms with Gasteiger partial charge < -0.3 is 4.90 Å². The summed E-state index contributed by atoms with van der Waals surface area (Å²) in [5.41, 5.74) is 1.15. The molecule has 98 valence electrons. The highest BCUT2D eigenvalue weighted by Crippen LogP contribution is 2.30. The molecule has 1 aliphatic heterocycles. The van der Waals surface area contributed by atoms with Gasteiger partial charge >= 0.3 is 0 Å². The zero-order chi connectivity index (χ0) is 13.2. The van der Waals surface area contributed by atoms with Crippen molar-refractivity contribution in [3.63, 3.8) is 0 Å². The summed E-state index contributed by atoms with van der Waals surface area (Å²) >= 11 is 3.42. The zero-order valence-corrected chi connectivity index (χ0v) is 12.7. The van der Waals surface area contributed by atoms with E-state index in [9.17, 15) is 4.79 Å². The van der Waals surface area contributed by atoms with Crippen LogP contribution >= 0.6 is 15.9 Å². The van der Waals surface area contributed by atoms with Crippen molar-refractivity contribution < 1.29 is 4.79 Å². The van der Waals surface area contributed by atoms with E-state index in [-0.39, 0.29) is 5.91 Å². The number of carbonyl (C=O) groups excluding carboxylic acids is 1. The third-order valence-corrected chi connectivity index (χ3v) is 4.19. The lowest BCUT2D eigenvalue weighted by Crippen LogP contribution is -2.32. The van der Waals surface area contributed by atoms with E-state index in [0.717, 1.165) is 36.0 Å². The van der Waals surface area contributed by atoms with E-state index >= 15 is 0 Å². The predicted molar refractivity (Wildman–Crippen MR) is 77.7 cm³/mol. The molecule has 2 rings (SSSR count). The summed E-state index contributed by atoms with van der Waals surface area (Å²) in [6.45, 7) is 6.34. The fourth-order valence-corrected chi connectivity index (χ4v) is 2.83. The van der Waals surface area contributed by atoms with Gasteiger partial charge in [-0.1, -0.05) is 35.8 Å². The van der Waals surface area contributed by atoms with Gasteiger partial charge in [-0.25, -0.2) is 0 Å². The quantitative estimate of drug-likeness (QED) is 0.764. The van der Waals surface area contributed by atoms with Crippen LogP contribution in [0.15, 0.2) is 28.7 Å². The average molecular weight is 310 g/mol. The van der Waals surface area contributed by atoms with Crippen molar-refractivity contribution in [2.24, 2.45) is 5.41 Å². The molecule has 0 saturated carbocycles. The maximum absolute atomic E-state index is 12.4. The van der Waals surface area contributed by atoms with Crippen LogP contribution < -0.4 is 0 Å². The van der Waals surface area contributed by atoms with Crippen molar-refractivity contribution in [1.29, 1.82) is 0 Å². The molecule has 0 radical (unpaired) electrons. The maximum atomic E-state index is 12.4. The number of halogens is 1. The normalized spacial score (nSPS) is 19.4. The summed E-state index contributed by atoms with van der Waals surface area (Å²) in [6, 6.07) is 7.66. The Labute approximate surface area is 117 Å². The second kappa shape index (κ2) is 5.43. The molecule has 0 aromatic heterocycles. The SMILES string of the molecule is CC1(C)CCCN(C(=O)c2cccc(Br)c2)CC1. The van der Waals surface area contributed by atoms with Crippen LogP contribution in [0.4, 0.5) is 0 Å². The van der Waals surface area contributed by atoms with Gasteiger partial charge in [0.15, 0.2) is 0 Å². The molecular weight excluding hydrogens is 290 g/mol. The first kappa shape index (κ1) is 13.6. The zero-order valence-electron chi connectivity index (χ0n) is 11.1. The standard InChI is InChI=1S/C15H20BrNO/c1-15(2)7-4-9-17(10-8-15)14(18)12-5-3-6-13(16)11-12/h3,5-6,11H,4,7-10H2,1-2H3. The molecule has 0 N–H and O–H groups in total. The van der Waals surface area contributed by atoms with Crippen molar-refractivity contribution in [2.45, 2.75) is 33.1 Å². The first-order chi connectivity index (χ1) is 8.48. The number of benzene rings is 1. The molecule has 3 heteroatoms. The van der Waals surface area contributed by atoms with Crippen molar-refractivity contribution in [3.05, 3.63) is 34.3 Å². The molecule has 18 heavy (non-hydrogen) atoms. The first-order valence-electron chi connectivity index (χ1n) is 6.53. The minimum absolute atomic E-state index is 0.161. The number of amides is 1. The van der Waals surface area contributed by atoms with Gasteiger partial charge in [-0.05, 0) is 42.9 Å². The lowest BCUT2D eigenvalue weighted by Gasteiger charge is -2.23. The molecule has 0 spiro atoms. The Balaban J connectivity index is 2.10. The van der Waals surface area contributed by atoms with Gasteiger partial charge in [0.05, 0.1) is 0 Å². The summed E-state index contributed by atoms with van der Waals surface area (Å²) in [5, 5.41) is 0. The van der Waals surface area contributed by atoms with Crippen molar-refractivity contribution in [2.75, 3.05) is 13.1 Å². The van der Waals surface area contributed by atoms with Crippen molar-refractivity contribution in [1.82, 2.24) is 4.90 Å². The largest absolute Gasteiger partial charge is 0.339 e. The maximum Gasteiger partial charge on any atom is 0.253 e. The molecule has 1 aromatic carbocycles. The van der Waals surface area contributed by atoms with Gasteiger partial charge in [-0.2, -0.15) is 0 Å². The Kier molecular flexibility index (Phi) is 4.10. The van der Waals surface area contributed by atoms with Gasteiger partial charge in [0.2, 0.25) is 0 Å². The van der Waals surface area contributed by atoms with E-state index in [2.05, 4.69) is 29.8 Å². The fourth-order valence-electron chi connectivity index (χ4n) is 2.43. The highest BCUT2D eigenvalue weighted by atomic mass is 79.9. The number of carbonyl (C=O) groups is 1. The van der Waals surface area contributed by atoms with Crippen molar-refractivity contribution >= 4 is 21.8 Å². The molecule has 1 aromatic rings. The molecule has 0 unspecified atom stereocenters. The minimum Gasteiger partial charge on any atom is -0.339 e. The molecule has 0 bridgehead atoms. The van der Waals surface area contributed by atoms with Gasteiger partial charge in [0.1, 0.15) is 0 Å². The average Bonchev–Trinajstić information content (AvgIpc) is 2.49. The smallest absolute Gasteiger partial charge is 0.253 e. The van der Waals surface area contributed by atoms with Crippen LogP contribution in [0.25, 0.3) is 0 Å². The first-order valence-corrected chi connectivity index (χ1v) is 7.32. The number of nitrogens with zero attached hydrogens (tertiary/aromatic N) is 1. The summed E-state index contributed by atoms with van der Waals surface area (Å²) in [7, 11) is 0. The lowest BCUT2D eigenvalue weighted by molar-refractivity contribution is 0.0757. The summed E-state index contributed by atoms with van der Waals surface area (Å²) < 4.78 is 0.962. The highest BCUT2D eigenvalue weighted by Gasteiger charge is 2.25. The topological polar surface area (TPSA) is 20.3 Å². The number of hydrogen-bond acceptors (Lipinski definition) is 1. The Morgan fingerprint density at radius 2 is 2.06 bits per heavy atom. The third kappa shape index (κ3) is 3.35. The molecule has 1 amide bonds. The van der Waals surface area contributed by atoms with E-state index in [1.807, 2.05) is 29.2 Å². The molecule has 1 heterocycles. The van der Waals surface area contributed by atoms with E-state index in [0.29, 0.717) is 5.41 Å². The van der Waals surface area contributed by atoms with E-state index < -0.39 is 0 Å². The molecule has 1 saturated heterocycles. The second-order valence-electron chi connectivity index (χ2n) is 5.82. The van der Waals surface area contributed by atoms with Crippen LogP contribution in [0.5, 0.6) is 0 Å². The molecule has 0 aliphatic carbocycles. The van der Waals surface area contributed by atoms with Crippen LogP contribution in [0.3, 0.4) is 0 Å². The van der Waals surface area contributed by atoms with Gasteiger partial charge in [0, 0.05) is 23.1 Å². The van der Waals surface area contributed by atoms with Crippen LogP contribution in [-0.2, 0) is 0 Å². The van der Waals surface area contributed by atoms with Crippen LogP contribution in [0, 0.1) is 5.41 Å². The van der Waals surface area contributed by atoms with Crippen molar-refractivity contribution in [3.8, 4) is 0 Å². The molecule has 1 aliphatic rings. The lowest BCUT2D eigenvalue weighted by atomic mass is 9.85. The molecular formula is C15H20BrNO. The highest BCUT2D eigenvalue weighted by molar-refractivity contribution is 9.10. The van der Waals surface area contributed by atoms with Gasteiger partial charge in [0.25, 0.3) is 5.91 Å². The molecule has 1 fully saturated rings. The summed E-state index contributed by atoms with van der Waals surface area (Å²) in [6.07, 6.45) is 3.40. The number of likely N-dealkylation sites (tertiary alicyclic amines) is 1. The Morgan fingerprint density at radius 1 is 1.28 bits per heavy atom. The third-order valence-electron chi connectivity index (χ3n) is 3.70. The minimum atomic E-state index is 0.161. The molecule has 2 nitrogen and oxygen atoms in total. The van der Waals surface area contributed by atoms with E-state index in [1.165, 1.54) is 6.42 Å². The van der Waals surface area contributed by atoms with Crippen LogP contribution in [-0.4, -0.2) is 23.9 Å². The van der Waals surface area contributed by atoms with Gasteiger partial charge in [-0.3, -0.25) is 4.79 Å². The predicted octanol–water partition coefficient (Wildman–Crippen LogP) is 4.10. The van der Waals surface area contributed by atoms with Crippen LogP contribution in [0.2, 0.25) is 0 Å². The monoisotopic (exact) mass is 309 g/mol. The fraction of sp³-hybridized carbons (Fsp3) is 0.533. The summed E-state index contributed by atoms with van der Waals surface area (Å²) in [5.74, 6) is 0.161. The van der Waals surface area contributed by atoms with Gasteiger partial charge in [-0.15, -0.1) is 0 Å². The second-order valence-corrected chi connectivity index (χ2v) is 6.74. The Morgan fingerprint density at radius 3 is 2.78 bits per heavy atom. The number of hydrogen-bond donors (Lipinski definition) is 0.